The highest BCUT2D eigenvalue weighted by atomic mass is 32.2. The first-order valence-electron chi connectivity index (χ1n) is 9.70. The minimum absolute atomic E-state index is 0.0295. The van der Waals surface area contributed by atoms with Gasteiger partial charge in [-0.3, -0.25) is 4.98 Å². The van der Waals surface area contributed by atoms with Crippen molar-refractivity contribution in [2.45, 2.75) is 50.2 Å². The number of piperidine rings is 1. The van der Waals surface area contributed by atoms with Gasteiger partial charge in [-0.2, -0.15) is 18.6 Å². The highest BCUT2D eigenvalue weighted by Crippen LogP contribution is 2.40. The monoisotopic (exact) mass is 459 g/mol. The second kappa shape index (κ2) is 8.48. The third kappa shape index (κ3) is 4.53. The number of urea groups is 1. The van der Waals surface area contributed by atoms with E-state index >= 15 is 4.39 Å². The molecule has 1 aliphatic rings. The van der Waals surface area contributed by atoms with Crippen LogP contribution in [-0.4, -0.2) is 52.2 Å². The lowest BCUT2D eigenvalue weighted by Gasteiger charge is -2.37. The van der Waals surface area contributed by atoms with Gasteiger partial charge in [0.1, 0.15) is 0 Å². The molecule has 0 bridgehead atoms. The molecule has 1 fully saturated rings. The van der Waals surface area contributed by atoms with E-state index in [0.717, 1.165) is 18.7 Å². The van der Waals surface area contributed by atoms with E-state index in [9.17, 15) is 22.0 Å². The molecule has 3 heterocycles. The van der Waals surface area contributed by atoms with E-state index < -0.39 is 32.3 Å². The number of sulfone groups is 1. The summed E-state index contributed by atoms with van der Waals surface area (Å²) in [7, 11) is -4.76. The van der Waals surface area contributed by atoms with Crippen LogP contribution in [0.5, 0.6) is 0 Å². The van der Waals surface area contributed by atoms with E-state index in [2.05, 4.69) is 15.4 Å². The van der Waals surface area contributed by atoms with Gasteiger partial charge in [0.25, 0.3) is 0 Å². The molecule has 1 saturated heterocycles. The van der Waals surface area contributed by atoms with E-state index in [1.807, 2.05) is 0 Å². The molecule has 0 saturated carbocycles. The Bertz CT molecular complexity index is 1060. The molecule has 1 unspecified atom stereocenters. The second-order valence-electron chi connectivity index (χ2n) is 7.71. The molecule has 1 aliphatic heterocycles. The molecule has 2 aromatic heterocycles. The number of hydrogen-bond donors (Lipinski definition) is 1. The standard InChI is InChI=1S/C19H24F3N5O3S/c1-12-10-15(4-7-23-12)24-18(28)26-8-5-14(6-9-26)19(3,22)31(29,30)16-11-13(2)25-27(16)17(20)21/h4,7,10-11,14,17H,5-6,8-9H2,1-3H3,(H,23,24,28). The fourth-order valence-corrected chi connectivity index (χ4v) is 5.46. The zero-order chi connectivity index (χ0) is 23.0. The van der Waals surface area contributed by atoms with Crippen molar-refractivity contribution in [1.29, 1.82) is 0 Å². The van der Waals surface area contributed by atoms with Crippen molar-refractivity contribution in [3.63, 3.8) is 0 Å². The highest BCUT2D eigenvalue weighted by molar-refractivity contribution is 7.92. The minimum Gasteiger partial charge on any atom is -0.325 e. The van der Waals surface area contributed by atoms with E-state index in [-0.39, 0.29) is 42.3 Å². The number of nitrogens with one attached hydrogen (secondary N) is 1. The molecule has 0 spiro atoms. The van der Waals surface area contributed by atoms with Crippen LogP contribution >= 0.6 is 0 Å². The SMILES string of the molecule is Cc1cc(NC(=O)N2CCC(C(C)(F)S(=O)(=O)c3cc(C)nn3C(F)F)CC2)ccn1. The number of alkyl halides is 3. The molecule has 0 aromatic carbocycles. The van der Waals surface area contributed by atoms with Crippen LogP contribution in [0.25, 0.3) is 0 Å². The summed E-state index contributed by atoms with van der Waals surface area (Å²) in [6.45, 7) is 1.07. The van der Waals surface area contributed by atoms with E-state index in [1.54, 1.807) is 25.3 Å². The van der Waals surface area contributed by atoms with Gasteiger partial charge < -0.3 is 10.2 Å². The van der Waals surface area contributed by atoms with Crippen LogP contribution in [-0.2, 0) is 9.84 Å². The molecule has 8 nitrogen and oxygen atoms in total. The molecule has 3 rings (SSSR count). The van der Waals surface area contributed by atoms with Crippen molar-refractivity contribution in [3.8, 4) is 0 Å². The lowest BCUT2D eigenvalue weighted by Crippen LogP contribution is -2.48. The number of aromatic nitrogens is 3. The van der Waals surface area contributed by atoms with E-state index in [1.165, 1.54) is 11.8 Å². The van der Waals surface area contributed by atoms with Crippen LogP contribution in [0, 0.1) is 19.8 Å². The topological polar surface area (TPSA) is 97.2 Å². The molecule has 2 aromatic rings. The number of carbonyl (C=O) groups is 1. The number of amides is 2. The zero-order valence-electron chi connectivity index (χ0n) is 17.3. The van der Waals surface area contributed by atoms with E-state index in [4.69, 9.17) is 0 Å². The average Bonchev–Trinajstić information content (AvgIpc) is 3.11. The molecular weight excluding hydrogens is 435 g/mol. The first-order chi connectivity index (χ1) is 14.4. The van der Waals surface area contributed by atoms with Gasteiger partial charge in [-0.05, 0) is 51.8 Å². The summed E-state index contributed by atoms with van der Waals surface area (Å²) in [5, 5.41) is 2.55. The number of aryl methyl sites for hydroxylation is 2. The molecule has 31 heavy (non-hydrogen) atoms. The van der Waals surface area contributed by atoms with Crippen LogP contribution in [0.1, 0.15) is 37.7 Å². The van der Waals surface area contributed by atoms with Gasteiger partial charge in [0.15, 0.2) is 5.03 Å². The van der Waals surface area contributed by atoms with Crippen molar-refractivity contribution in [1.82, 2.24) is 19.7 Å². The summed E-state index contributed by atoms with van der Waals surface area (Å²) in [5.41, 5.74) is 1.34. The zero-order valence-corrected chi connectivity index (χ0v) is 18.2. The normalized spacial score (nSPS) is 17.6. The predicted molar refractivity (Wildman–Crippen MR) is 107 cm³/mol. The van der Waals surface area contributed by atoms with Gasteiger partial charge in [0.05, 0.1) is 5.69 Å². The number of anilines is 1. The Labute approximate surface area is 178 Å². The lowest BCUT2D eigenvalue weighted by molar-refractivity contribution is 0.0454. The smallest absolute Gasteiger partial charge is 0.325 e. The summed E-state index contributed by atoms with van der Waals surface area (Å²) in [4.78, 5) is 18.0. The van der Waals surface area contributed by atoms with Crippen LogP contribution in [0.15, 0.2) is 29.4 Å². The van der Waals surface area contributed by atoms with Crippen molar-refractivity contribution >= 4 is 21.6 Å². The molecular formula is C19H24F3N5O3S. The maximum atomic E-state index is 15.6. The quantitative estimate of drug-likeness (QED) is 0.736. The summed E-state index contributed by atoms with van der Waals surface area (Å²) in [6, 6.07) is 3.89. The first kappa shape index (κ1) is 23.0. The van der Waals surface area contributed by atoms with Gasteiger partial charge >= 0.3 is 12.6 Å². The summed E-state index contributed by atoms with van der Waals surface area (Å²) in [5.74, 6) is -0.967. The third-order valence-corrected chi connectivity index (χ3v) is 7.71. The maximum Gasteiger partial charge on any atom is 0.334 e. The Balaban J connectivity index is 1.71. The fourth-order valence-electron chi connectivity index (χ4n) is 3.68. The van der Waals surface area contributed by atoms with Gasteiger partial charge in [-0.25, -0.2) is 17.6 Å². The number of rotatable bonds is 5. The number of halogens is 3. The maximum absolute atomic E-state index is 15.6. The molecule has 12 heteroatoms. The number of nitrogens with zero attached hydrogens (tertiary/aromatic N) is 4. The molecule has 1 N–H and O–H groups in total. The van der Waals surface area contributed by atoms with Crippen molar-refractivity contribution < 1.29 is 26.4 Å². The van der Waals surface area contributed by atoms with Gasteiger partial charge in [0, 0.05) is 36.6 Å². The highest BCUT2D eigenvalue weighted by Gasteiger charge is 2.50. The van der Waals surface area contributed by atoms with Gasteiger partial charge in [-0.15, -0.1) is 0 Å². The molecule has 0 radical (unpaired) electrons. The van der Waals surface area contributed by atoms with Crippen molar-refractivity contribution in [2.75, 3.05) is 18.4 Å². The Morgan fingerprint density at radius 1 is 1.23 bits per heavy atom. The van der Waals surface area contributed by atoms with E-state index in [0.29, 0.717) is 5.69 Å². The Morgan fingerprint density at radius 2 is 1.87 bits per heavy atom. The second-order valence-corrected chi connectivity index (χ2v) is 9.94. The molecule has 170 valence electrons. The van der Waals surface area contributed by atoms with Crippen LogP contribution in [0.2, 0.25) is 0 Å². The van der Waals surface area contributed by atoms with Crippen LogP contribution in [0.3, 0.4) is 0 Å². The van der Waals surface area contributed by atoms with Gasteiger partial charge in [-0.1, -0.05) is 0 Å². The predicted octanol–water partition coefficient (Wildman–Crippen LogP) is 3.69. The average molecular weight is 459 g/mol. The molecule has 1 atom stereocenters. The van der Waals surface area contributed by atoms with Crippen LogP contribution in [0.4, 0.5) is 23.7 Å². The molecule has 0 aliphatic carbocycles. The molecule has 2 amide bonds. The largest absolute Gasteiger partial charge is 0.334 e. The number of carbonyl (C=O) groups excluding carboxylic acids is 1. The van der Waals surface area contributed by atoms with Crippen molar-refractivity contribution in [2.24, 2.45) is 5.92 Å². The van der Waals surface area contributed by atoms with Crippen molar-refractivity contribution in [3.05, 3.63) is 35.8 Å². The summed E-state index contributed by atoms with van der Waals surface area (Å²) >= 11 is 0. The lowest BCUT2D eigenvalue weighted by atomic mass is 9.92. The number of likely N-dealkylation sites (tertiary alicyclic amines) is 1. The Morgan fingerprint density at radius 3 is 2.45 bits per heavy atom. The first-order valence-corrected chi connectivity index (χ1v) is 11.2. The number of hydrogen-bond acceptors (Lipinski definition) is 5. The minimum atomic E-state index is -4.76. The summed E-state index contributed by atoms with van der Waals surface area (Å²) < 4.78 is 67.9. The Hall–Kier alpha value is -2.63. The third-order valence-electron chi connectivity index (χ3n) is 5.47. The number of pyridine rings is 1. The summed E-state index contributed by atoms with van der Waals surface area (Å²) in [6.07, 6.45) is 1.69. The van der Waals surface area contributed by atoms with Gasteiger partial charge in [0.2, 0.25) is 14.8 Å². The fraction of sp³-hybridized carbons (Fsp3) is 0.526. The van der Waals surface area contributed by atoms with Crippen LogP contribution < -0.4 is 5.32 Å². The Kier molecular flexibility index (Phi) is 6.30.